The Morgan fingerprint density at radius 3 is 2.19 bits per heavy atom. The van der Waals surface area contributed by atoms with Gasteiger partial charge in [0.2, 0.25) is 11.8 Å². The number of rotatable bonds is 10. The Labute approximate surface area is 228 Å². The summed E-state index contributed by atoms with van der Waals surface area (Å²) >= 11 is 12.2. The lowest BCUT2D eigenvalue weighted by atomic mass is 10.1. The number of nitrogens with zero attached hydrogens (tertiary/aromatic N) is 2. The summed E-state index contributed by atoms with van der Waals surface area (Å²) in [4.78, 5) is 27.9. The molecule has 7 nitrogen and oxygen atoms in total. The van der Waals surface area contributed by atoms with Crippen molar-refractivity contribution in [3.63, 3.8) is 0 Å². The van der Waals surface area contributed by atoms with Crippen LogP contribution < -0.4 is 9.62 Å². The largest absolute Gasteiger partial charge is 0.355 e. The van der Waals surface area contributed by atoms with E-state index < -0.39 is 28.5 Å². The molecule has 0 fully saturated rings. The lowest BCUT2D eigenvalue weighted by Gasteiger charge is -2.32. The Morgan fingerprint density at radius 2 is 1.59 bits per heavy atom. The molecule has 0 aliphatic carbocycles. The number of sulfonamides is 1. The lowest BCUT2D eigenvalue weighted by molar-refractivity contribution is -0.139. The molecule has 1 atom stereocenters. The molecule has 0 saturated carbocycles. The normalized spacial score (nSPS) is 12.0. The fourth-order valence-corrected chi connectivity index (χ4v) is 5.45. The molecular weight excluding hydrogens is 533 g/mol. The maximum absolute atomic E-state index is 13.8. The van der Waals surface area contributed by atoms with Gasteiger partial charge in [-0.05, 0) is 62.7 Å². The van der Waals surface area contributed by atoms with Gasteiger partial charge in [0, 0.05) is 13.1 Å². The van der Waals surface area contributed by atoms with Crippen LogP contribution in [0.1, 0.15) is 25.0 Å². The lowest BCUT2D eigenvalue weighted by Crippen LogP contribution is -2.51. The standard InChI is InChI=1S/C27H29Cl2N3O4S/c1-4-30-27(34)20(3)31(17-21-12-15-24(28)25(29)16-21)26(33)18-32(22-13-10-19(2)11-14-22)37(35,36)23-8-6-5-7-9-23/h5-16,20H,4,17-18H2,1-3H3,(H,30,34)/t20-/m0/s1. The number of amides is 2. The van der Waals surface area contributed by atoms with Crippen molar-refractivity contribution in [3.8, 4) is 0 Å². The minimum Gasteiger partial charge on any atom is -0.355 e. The molecule has 3 aromatic rings. The van der Waals surface area contributed by atoms with Gasteiger partial charge < -0.3 is 10.2 Å². The van der Waals surface area contributed by atoms with Crippen molar-refractivity contribution in [3.05, 3.63) is 94.0 Å². The van der Waals surface area contributed by atoms with Gasteiger partial charge in [-0.1, -0.05) is 65.2 Å². The Morgan fingerprint density at radius 1 is 0.946 bits per heavy atom. The summed E-state index contributed by atoms with van der Waals surface area (Å²) in [5.41, 5.74) is 1.92. The van der Waals surface area contributed by atoms with Crippen LogP contribution in [-0.2, 0) is 26.2 Å². The number of aryl methyl sites for hydroxylation is 1. The van der Waals surface area contributed by atoms with E-state index in [4.69, 9.17) is 23.2 Å². The minimum atomic E-state index is -4.09. The second-order valence-corrected chi connectivity index (χ2v) is 11.2. The molecule has 3 aromatic carbocycles. The highest BCUT2D eigenvalue weighted by atomic mass is 35.5. The third-order valence-electron chi connectivity index (χ3n) is 5.79. The van der Waals surface area contributed by atoms with Crippen LogP contribution in [0.4, 0.5) is 5.69 Å². The van der Waals surface area contributed by atoms with E-state index in [1.807, 2.05) is 6.92 Å². The number of hydrogen-bond donors (Lipinski definition) is 1. The van der Waals surface area contributed by atoms with E-state index in [-0.39, 0.29) is 17.3 Å². The number of benzene rings is 3. The highest BCUT2D eigenvalue weighted by Crippen LogP contribution is 2.26. The van der Waals surface area contributed by atoms with Crippen molar-refractivity contribution >= 4 is 50.7 Å². The first-order valence-corrected chi connectivity index (χ1v) is 13.9. The van der Waals surface area contributed by atoms with E-state index >= 15 is 0 Å². The van der Waals surface area contributed by atoms with Crippen LogP contribution >= 0.6 is 23.2 Å². The van der Waals surface area contributed by atoms with Gasteiger partial charge >= 0.3 is 0 Å². The zero-order valence-corrected chi connectivity index (χ0v) is 23.1. The van der Waals surface area contributed by atoms with Gasteiger partial charge in [-0.25, -0.2) is 8.42 Å². The molecule has 0 spiro atoms. The number of carbonyl (C=O) groups is 2. The summed E-state index contributed by atoms with van der Waals surface area (Å²) in [5.74, 6) is -0.909. The van der Waals surface area contributed by atoms with Crippen molar-refractivity contribution in [1.82, 2.24) is 10.2 Å². The summed E-state index contributed by atoms with van der Waals surface area (Å²) < 4.78 is 28.4. The van der Waals surface area contributed by atoms with Gasteiger partial charge in [-0.3, -0.25) is 13.9 Å². The minimum absolute atomic E-state index is 0.0289. The molecule has 0 unspecified atom stereocenters. The summed E-state index contributed by atoms with van der Waals surface area (Å²) in [5, 5.41) is 3.39. The van der Waals surface area contributed by atoms with Crippen molar-refractivity contribution in [2.24, 2.45) is 0 Å². The summed E-state index contributed by atoms with van der Waals surface area (Å²) in [6, 6.07) is 18.8. The monoisotopic (exact) mass is 561 g/mol. The summed E-state index contributed by atoms with van der Waals surface area (Å²) in [7, 11) is -4.09. The summed E-state index contributed by atoms with van der Waals surface area (Å²) in [6.07, 6.45) is 0. The molecule has 0 heterocycles. The topological polar surface area (TPSA) is 86.8 Å². The Balaban J connectivity index is 2.02. The van der Waals surface area contributed by atoms with E-state index in [1.54, 1.807) is 74.5 Å². The molecule has 0 bridgehead atoms. The van der Waals surface area contributed by atoms with E-state index in [0.717, 1.165) is 9.87 Å². The number of halogens is 2. The Kier molecular flexibility index (Phi) is 9.59. The van der Waals surface area contributed by atoms with Crippen LogP contribution in [0.5, 0.6) is 0 Å². The fraction of sp³-hybridized carbons (Fsp3) is 0.259. The first-order chi connectivity index (χ1) is 17.5. The smallest absolute Gasteiger partial charge is 0.264 e. The number of likely N-dealkylation sites (N-methyl/N-ethyl adjacent to an activating group) is 1. The number of carbonyl (C=O) groups excluding carboxylic acids is 2. The van der Waals surface area contributed by atoms with Gasteiger partial charge in [0.15, 0.2) is 0 Å². The molecule has 0 aromatic heterocycles. The predicted octanol–water partition coefficient (Wildman–Crippen LogP) is 5.05. The molecule has 0 aliphatic heterocycles. The Hall–Kier alpha value is -3.07. The molecule has 2 amide bonds. The van der Waals surface area contributed by atoms with E-state index in [2.05, 4.69) is 5.32 Å². The Bertz CT molecular complexity index is 1350. The first-order valence-electron chi connectivity index (χ1n) is 11.7. The van der Waals surface area contributed by atoms with E-state index in [0.29, 0.717) is 27.8 Å². The van der Waals surface area contributed by atoms with Crippen LogP contribution in [0, 0.1) is 6.92 Å². The van der Waals surface area contributed by atoms with Gasteiger partial charge in [-0.15, -0.1) is 0 Å². The maximum atomic E-state index is 13.8. The zero-order chi connectivity index (χ0) is 27.2. The van der Waals surface area contributed by atoms with E-state index in [1.165, 1.54) is 17.0 Å². The highest BCUT2D eigenvalue weighted by molar-refractivity contribution is 7.92. The SMILES string of the molecule is CCNC(=O)[C@H](C)N(Cc1ccc(Cl)c(Cl)c1)C(=O)CN(c1ccc(C)cc1)S(=O)(=O)c1ccccc1. The second kappa shape index (κ2) is 12.4. The molecule has 196 valence electrons. The van der Waals surface area contributed by atoms with Gasteiger partial charge in [-0.2, -0.15) is 0 Å². The molecule has 0 radical (unpaired) electrons. The van der Waals surface area contributed by atoms with Crippen LogP contribution in [0.2, 0.25) is 10.0 Å². The van der Waals surface area contributed by atoms with Crippen molar-refractivity contribution in [2.75, 3.05) is 17.4 Å². The average molecular weight is 563 g/mol. The first kappa shape index (κ1) is 28.5. The quantitative estimate of drug-likeness (QED) is 0.375. The number of hydrogen-bond acceptors (Lipinski definition) is 4. The molecule has 0 aliphatic rings. The molecule has 10 heteroatoms. The van der Waals surface area contributed by atoms with E-state index in [9.17, 15) is 18.0 Å². The van der Waals surface area contributed by atoms with Gasteiger partial charge in [0.25, 0.3) is 10.0 Å². The second-order valence-electron chi connectivity index (χ2n) is 8.50. The molecule has 1 N–H and O–H groups in total. The average Bonchev–Trinajstić information content (AvgIpc) is 2.88. The predicted molar refractivity (Wildman–Crippen MR) is 147 cm³/mol. The highest BCUT2D eigenvalue weighted by Gasteiger charge is 2.32. The number of nitrogens with one attached hydrogen (secondary N) is 1. The fourth-order valence-electron chi connectivity index (χ4n) is 3.70. The maximum Gasteiger partial charge on any atom is 0.264 e. The van der Waals surface area contributed by atoms with Crippen LogP contribution in [0.15, 0.2) is 77.7 Å². The third kappa shape index (κ3) is 7.03. The third-order valence-corrected chi connectivity index (χ3v) is 8.31. The summed E-state index contributed by atoms with van der Waals surface area (Å²) in [6.45, 7) is 5.17. The van der Waals surface area contributed by atoms with Crippen molar-refractivity contribution in [1.29, 1.82) is 0 Å². The number of anilines is 1. The van der Waals surface area contributed by atoms with Crippen molar-refractivity contribution < 1.29 is 18.0 Å². The zero-order valence-electron chi connectivity index (χ0n) is 20.8. The van der Waals surface area contributed by atoms with Crippen LogP contribution in [0.25, 0.3) is 0 Å². The molecule has 37 heavy (non-hydrogen) atoms. The molecule has 3 rings (SSSR count). The van der Waals surface area contributed by atoms with Crippen LogP contribution in [0.3, 0.4) is 0 Å². The molecule has 0 saturated heterocycles. The van der Waals surface area contributed by atoms with Gasteiger partial charge in [0.05, 0.1) is 20.6 Å². The van der Waals surface area contributed by atoms with Crippen LogP contribution in [-0.4, -0.2) is 44.3 Å². The van der Waals surface area contributed by atoms with Crippen molar-refractivity contribution in [2.45, 2.75) is 38.3 Å². The van der Waals surface area contributed by atoms with Gasteiger partial charge in [0.1, 0.15) is 12.6 Å². The molecular formula is C27H29Cl2N3O4S.